The molecule has 0 unspecified atom stereocenters. The third kappa shape index (κ3) is 7.32. The first-order valence-corrected chi connectivity index (χ1v) is 13.8. The standard InChI is InChI=1S/C28H31Cl2N3O2S/c1-21-9-14-36-26(21)19-33(18-22-7-3-2-4-8-22)27(34)20-32(13-12-31-10-5-6-11-31)28(35)23-15-24(29)17-25(30)16-23/h2-4,7-9,14-17H,5-6,10-13,18-20H2,1H3. The molecule has 36 heavy (non-hydrogen) atoms. The van der Waals surface area contributed by atoms with Crippen molar-refractivity contribution < 1.29 is 9.59 Å². The van der Waals surface area contributed by atoms with Crippen LogP contribution in [0, 0.1) is 6.92 Å². The molecule has 0 spiro atoms. The van der Waals surface area contributed by atoms with Gasteiger partial charge in [-0.25, -0.2) is 0 Å². The number of aryl methyl sites for hydroxylation is 1. The van der Waals surface area contributed by atoms with Crippen molar-refractivity contribution in [3.63, 3.8) is 0 Å². The molecule has 2 amide bonds. The van der Waals surface area contributed by atoms with Crippen molar-refractivity contribution in [2.45, 2.75) is 32.9 Å². The molecular weight excluding hydrogens is 513 g/mol. The Kier molecular flexibility index (Phi) is 9.43. The van der Waals surface area contributed by atoms with Crippen LogP contribution in [0.25, 0.3) is 0 Å². The summed E-state index contributed by atoms with van der Waals surface area (Å²) in [6.45, 7) is 6.29. The van der Waals surface area contributed by atoms with Crippen LogP contribution in [-0.2, 0) is 17.9 Å². The topological polar surface area (TPSA) is 43.9 Å². The van der Waals surface area contributed by atoms with E-state index in [1.54, 1.807) is 34.4 Å². The Morgan fingerprint density at radius 3 is 2.28 bits per heavy atom. The molecule has 8 heteroatoms. The Hall–Kier alpha value is -2.38. The molecule has 1 aliphatic heterocycles. The number of carbonyl (C=O) groups is 2. The van der Waals surface area contributed by atoms with Crippen molar-refractivity contribution in [2.75, 3.05) is 32.7 Å². The quantitative estimate of drug-likeness (QED) is 0.309. The molecule has 0 atom stereocenters. The van der Waals surface area contributed by atoms with Gasteiger partial charge in [-0.05, 0) is 73.6 Å². The zero-order valence-electron chi connectivity index (χ0n) is 20.5. The lowest BCUT2D eigenvalue weighted by Crippen LogP contribution is -2.45. The molecule has 2 aromatic carbocycles. The average molecular weight is 545 g/mol. The maximum atomic E-state index is 13.7. The molecule has 190 valence electrons. The maximum Gasteiger partial charge on any atom is 0.254 e. The van der Waals surface area contributed by atoms with Crippen molar-refractivity contribution in [3.05, 3.63) is 91.6 Å². The third-order valence-corrected chi connectivity index (χ3v) is 7.92. The first-order valence-electron chi connectivity index (χ1n) is 12.2. The highest BCUT2D eigenvalue weighted by Gasteiger charge is 2.25. The molecular formula is C28H31Cl2N3O2S. The summed E-state index contributed by atoms with van der Waals surface area (Å²) in [6.07, 6.45) is 2.34. The highest BCUT2D eigenvalue weighted by atomic mass is 35.5. The van der Waals surface area contributed by atoms with E-state index >= 15 is 0 Å². The van der Waals surface area contributed by atoms with Crippen LogP contribution in [0.3, 0.4) is 0 Å². The van der Waals surface area contributed by atoms with E-state index in [1.807, 2.05) is 40.6 Å². The van der Waals surface area contributed by atoms with E-state index in [0.717, 1.165) is 30.1 Å². The molecule has 3 aromatic rings. The van der Waals surface area contributed by atoms with E-state index in [2.05, 4.69) is 17.9 Å². The lowest BCUT2D eigenvalue weighted by molar-refractivity contribution is -0.133. The van der Waals surface area contributed by atoms with Gasteiger partial charge in [0, 0.05) is 40.1 Å². The summed E-state index contributed by atoms with van der Waals surface area (Å²) < 4.78 is 0. The van der Waals surface area contributed by atoms with Gasteiger partial charge >= 0.3 is 0 Å². The van der Waals surface area contributed by atoms with Gasteiger partial charge in [-0.2, -0.15) is 0 Å². The lowest BCUT2D eigenvalue weighted by atomic mass is 10.1. The highest BCUT2D eigenvalue weighted by molar-refractivity contribution is 7.10. The highest BCUT2D eigenvalue weighted by Crippen LogP contribution is 2.22. The monoisotopic (exact) mass is 543 g/mol. The van der Waals surface area contributed by atoms with Crippen LogP contribution >= 0.6 is 34.5 Å². The first kappa shape index (κ1) is 26.7. The van der Waals surface area contributed by atoms with Gasteiger partial charge in [0.15, 0.2) is 0 Å². The fourth-order valence-electron chi connectivity index (χ4n) is 4.42. The van der Waals surface area contributed by atoms with Crippen LogP contribution in [-0.4, -0.2) is 59.2 Å². The Bertz CT molecular complexity index is 1160. The van der Waals surface area contributed by atoms with Gasteiger partial charge in [0.25, 0.3) is 5.91 Å². The fraction of sp³-hybridized carbons (Fsp3) is 0.357. The minimum Gasteiger partial charge on any atom is -0.332 e. The van der Waals surface area contributed by atoms with Crippen LogP contribution in [0.4, 0.5) is 0 Å². The molecule has 2 heterocycles. The Balaban J connectivity index is 1.55. The predicted octanol–water partition coefficient (Wildman–Crippen LogP) is 6.13. The Morgan fingerprint density at radius 2 is 1.64 bits per heavy atom. The molecule has 1 aromatic heterocycles. The minimum absolute atomic E-state index is 0.00589. The normalized spacial score (nSPS) is 13.6. The van der Waals surface area contributed by atoms with Crippen LogP contribution < -0.4 is 0 Å². The van der Waals surface area contributed by atoms with Gasteiger partial charge in [-0.3, -0.25) is 9.59 Å². The average Bonchev–Trinajstić information content (AvgIpc) is 3.52. The zero-order valence-corrected chi connectivity index (χ0v) is 22.8. The number of thiophene rings is 1. The van der Waals surface area contributed by atoms with Crippen LogP contribution in [0.2, 0.25) is 10.0 Å². The SMILES string of the molecule is Cc1ccsc1CN(Cc1ccccc1)C(=O)CN(CCN1CCCC1)C(=O)c1cc(Cl)cc(Cl)c1. The number of carbonyl (C=O) groups excluding carboxylic acids is 2. The fourth-order valence-corrected chi connectivity index (χ4v) is 5.87. The molecule has 0 bridgehead atoms. The summed E-state index contributed by atoms with van der Waals surface area (Å²) in [5, 5.41) is 2.84. The van der Waals surface area contributed by atoms with Crippen LogP contribution in [0.15, 0.2) is 60.0 Å². The number of hydrogen-bond acceptors (Lipinski definition) is 4. The van der Waals surface area contributed by atoms with Gasteiger partial charge in [-0.1, -0.05) is 53.5 Å². The van der Waals surface area contributed by atoms with E-state index in [9.17, 15) is 9.59 Å². The van der Waals surface area contributed by atoms with Crippen molar-refractivity contribution in [2.24, 2.45) is 0 Å². The predicted molar refractivity (Wildman–Crippen MR) is 148 cm³/mol. The minimum atomic E-state index is -0.237. The largest absolute Gasteiger partial charge is 0.332 e. The van der Waals surface area contributed by atoms with Gasteiger partial charge < -0.3 is 14.7 Å². The molecule has 0 saturated carbocycles. The molecule has 0 aliphatic carbocycles. The second kappa shape index (κ2) is 12.7. The second-order valence-corrected chi connectivity index (χ2v) is 11.1. The molecule has 1 aliphatic rings. The summed E-state index contributed by atoms with van der Waals surface area (Å²) in [6, 6.07) is 16.8. The molecule has 5 nitrogen and oxygen atoms in total. The van der Waals surface area contributed by atoms with Crippen LogP contribution in [0.5, 0.6) is 0 Å². The van der Waals surface area contributed by atoms with E-state index in [4.69, 9.17) is 23.2 Å². The first-order chi connectivity index (χ1) is 17.4. The number of hydrogen-bond donors (Lipinski definition) is 0. The zero-order chi connectivity index (χ0) is 25.5. The van der Waals surface area contributed by atoms with Crippen molar-refractivity contribution >= 4 is 46.4 Å². The Morgan fingerprint density at radius 1 is 0.944 bits per heavy atom. The number of benzene rings is 2. The number of amides is 2. The van der Waals surface area contributed by atoms with Crippen molar-refractivity contribution in [3.8, 4) is 0 Å². The maximum absolute atomic E-state index is 13.7. The van der Waals surface area contributed by atoms with Crippen molar-refractivity contribution in [1.29, 1.82) is 0 Å². The second-order valence-electron chi connectivity index (χ2n) is 9.20. The van der Waals surface area contributed by atoms with E-state index in [-0.39, 0.29) is 18.4 Å². The van der Waals surface area contributed by atoms with Gasteiger partial charge in [-0.15, -0.1) is 11.3 Å². The molecule has 0 radical (unpaired) electrons. The molecule has 1 saturated heterocycles. The lowest BCUT2D eigenvalue weighted by Gasteiger charge is -2.29. The van der Waals surface area contributed by atoms with E-state index in [1.165, 1.54) is 18.4 Å². The molecule has 0 N–H and O–H groups in total. The summed E-state index contributed by atoms with van der Waals surface area (Å²) in [7, 11) is 0. The molecule has 1 fully saturated rings. The summed E-state index contributed by atoms with van der Waals surface area (Å²) >= 11 is 14.0. The van der Waals surface area contributed by atoms with Gasteiger partial charge in [0.1, 0.15) is 6.54 Å². The van der Waals surface area contributed by atoms with E-state index in [0.29, 0.717) is 35.2 Å². The summed E-state index contributed by atoms with van der Waals surface area (Å²) in [5.41, 5.74) is 2.61. The number of nitrogens with zero attached hydrogens (tertiary/aromatic N) is 3. The van der Waals surface area contributed by atoms with Gasteiger partial charge in [0.2, 0.25) is 5.91 Å². The Labute approximate surface area is 227 Å². The number of halogens is 2. The van der Waals surface area contributed by atoms with E-state index < -0.39 is 0 Å². The summed E-state index contributed by atoms with van der Waals surface area (Å²) in [4.78, 5) is 34.3. The van der Waals surface area contributed by atoms with Crippen molar-refractivity contribution in [1.82, 2.24) is 14.7 Å². The number of likely N-dealkylation sites (tertiary alicyclic amines) is 1. The van der Waals surface area contributed by atoms with Crippen LogP contribution in [0.1, 0.15) is 39.2 Å². The number of rotatable bonds is 10. The molecule has 4 rings (SSSR count). The van der Waals surface area contributed by atoms with Gasteiger partial charge in [0.05, 0.1) is 6.54 Å². The smallest absolute Gasteiger partial charge is 0.254 e. The summed E-state index contributed by atoms with van der Waals surface area (Å²) in [5.74, 6) is -0.325. The third-order valence-electron chi connectivity index (χ3n) is 6.48.